The Labute approximate surface area is 97.3 Å². The van der Waals surface area contributed by atoms with Crippen molar-refractivity contribution in [3.05, 3.63) is 18.1 Å². The zero-order valence-corrected chi connectivity index (χ0v) is 10.3. The number of hydrogen-bond donors (Lipinski definition) is 1. The zero-order valence-electron chi connectivity index (χ0n) is 10.3. The van der Waals surface area contributed by atoms with E-state index in [1.807, 2.05) is 6.07 Å². The van der Waals surface area contributed by atoms with Gasteiger partial charge in [0.1, 0.15) is 12.1 Å². The van der Waals surface area contributed by atoms with Gasteiger partial charge in [0, 0.05) is 24.8 Å². The molecule has 0 unspecified atom stereocenters. The Hall–Kier alpha value is -1.16. The SMILES string of the molecule is CCCN(CCO)c1cc(C(C)C)ncn1. The second-order valence-corrected chi connectivity index (χ2v) is 4.17. The molecule has 1 rings (SSSR count). The molecule has 0 spiro atoms. The summed E-state index contributed by atoms with van der Waals surface area (Å²) in [7, 11) is 0. The van der Waals surface area contributed by atoms with Crippen molar-refractivity contribution in [3.63, 3.8) is 0 Å². The predicted octanol–water partition coefficient (Wildman–Crippen LogP) is 1.81. The van der Waals surface area contributed by atoms with Gasteiger partial charge in [-0.15, -0.1) is 0 Å². The lowest BCUT2D eigenvalue weighted by Crippen LogP contribution is -2.28. The molecule has 1 heterocycles. The summed E-state index contributed by atoms with van der Waals surface area (Å²) in [5.74, 6) is 1.31. The molecular formula is C12H21N3O. The van der Waals surface area contributed by atoms with Crippen LogP contribution in [-0.2, 0) is 0 Å². The van der Waals surface area contributed by atoms with Gasteiger partial charge in [0.05, 0.1) is 6.61 Å². The van der Waals surface area contributed by atoms with Crippen molar-refractivity contribution in [1.82, 2.24) is 9.97 Å². The predicted molar refractivity (Wildman–Crippen MR) is 65.7 cm³/mol. The van der Waals surface area contributed by atoms with Crippen LogP contribution >= 0.6 is 0 Å². The summed E-state index contributed by atoms with van der Waals surface area (Å²) >= 11 is 0. The molecule has 0 saturated carbocycles. The lowest BCUT2D eigenvalue weighted by molar-refractivity contribution is 0.301. The Morgan fingerprint density at radius 1 is 1.31 bits per heavy atom. The van der Waals surface area contributed by atoms with Crippen LogP contribution in [-0.4, -0.2) is 34.8 Å². The van der Waals surface area contributed by atoms with Crippen LogP contribution in [0, 0.1) is 0 Å². The molecule has 0 saturated heterocycles. The van der Waals surface area contributed by atoms with Crippen LogP contribution in [0.1, 0.15) is 38.8 Å². The maximum atomic E-state index is 9.02. The van der Waals surface area contributed by atoms with Gasteiger partial charge in [-0.1, -0.05) is 20.8 Å². The molecule has 90 valence electrons. The smallest absolute Gasteiger partial charge is 0.132 e. The van der Waals surface area contributed by atoms with Gasteiger partial charge in [-0.25, -0.2) is 9.97 Å². The highest BCUT2D eigenvalue weighted by Gasteiger charge is 2.09. The fourth-order valence-corrected chi connectivity index (χ4v) is 1.58. The molecule has 16 heavy (non-hydrogen) atoms. The van der Waals surface area contributed by atoms with Crippen LogP contribution in [0.3, 0.4) is 0 Å². The lowest BCUT2D eigenvalue weighted by atomic mass is 10.1. The van der Waals surface area contributed by atoms with Crippen molar-refractivity contribution in [1.29, 1.82) is 0 Å². The van der Waals surface area contributed by atoms with Crippen LogP contribution in [0.4, 0.5) is 5.82 Å². The van der Waals surface area contributed by atoms with Gasteiger partial charge in [-0.3, -0.25) is 0 Å². The van der Waals surface area contributed by atoms with E-state index in [-0.39, 0.29) is 6.61 Å². The first-order valence-corrected chi connectivity index (χ1v) is 5.86. The van der Waals surface area contributed by atoms with Crippen LogP contribution in [0.15, 0.2) is 12.4 Å². The standard InChI is InChI=1S/C12H21N3O/c1-4-5-15(6-7-16)12-8-11(10(2)3)13-9-14-12/h8-10,16H,4-7H2,1-3H3. The second-order valence-electron chi connectivity index (χ2n) is 4.17. The highest BCUT2D eigenvalue weighted by Crippen LogP contribution is 2.16. The van der Waals surface area contributed by atoms with E-state index >= 15 is 0 Å². The van der Waals surface area contributed by atoms with Crippen molar-refractivity contribution < 1.29 is 5.11 Å². The molecular weight excluding hydrogens is 202 g/mol. The first-order valence-electron chi connectivity index (χ1n) is 5.86. The Morgan fingerprint density at radius 3 is 2.62 bits per heavy atom. The Morgan fingerprint density at radius 2 is 2.06 bits per heavy atom. The molecule has 4 heteroatoms. The Bertz CT molecular complexity index is 309. The van der Waals surface area contributed by atoms with Crippen LogP contribution in [0.5, 0.6) is 0 Å². The van der Waals surface area contributed by atoms with Gasteiger partial charge in [-0.2, -0.15) is 0 Å². The van der Waals surface area contributed by atoms with E-state index in [4.69, 9.17) is 5.11 Å². The number of aliphatic hydroxyl groups excluding tert-OH is 1. The number of anilines is 1. The summed E-state index contributed by atoms with van der Waals surface area (Å²) in [6.07, 6.45) is 2.64. The molecule has 0 radical (unpaired) electrons. The lowest BCUT2D eigenvalue weighted by Gasteiger charge is -2.22. The van der Waals surface area contributed by atoms with Crippen molar-refractivity contribution >= 4 is 5.82 Å². The number of rotatable bonds is 6. The molecule has 4 nitrogen and oxygen atoms in total. The number of nitrogens with zero attached hydrogens (tertiary/aromatic N) is 3. The first kappa shape index (κ1) is 12.9. The molecule has 0 bridgehead atoms. The summed E-state index contributed by atoms with van der Waals surface area (Å²) in [5, 5.41) is 9.02. The van der Waals surface area contributed by atoms with E-state index in [9.17, 15) is 0 Å². The van der Waals surface area contributed by atoms with E-state index in [0.29, 0.717) is 12.5 Å². The van der Waals surface area contributed by atoms with Crippen molar-refractivity contribution in [3.8, 4) is 0 Å². The zero-order chi connectivity index (χ0) is 12.0. The fraction of sp³-hybridized carbons (Fsp3) is 0.667. The molecule has 1 aromatic rings. The van der Waals surface area contributed by atoms with E-state index in [0.717, 1.165) is 24.5 Å². The molecule has 0 aliphatic carbocycles. The summed E-state index contributed by atoms with van der Waals surface area (Å²) in [6, 6.07) is 2.01. The third-order valence-electron chi connectivity index (χ3n) is 2.45. The summed E-state index contributed by atoms with van der Waals surface area (Å²) in [6.45, 7) is 8.04. The molecule has 0 atom stereocenters. The largest absolute Gasteiger partial charge is 0.395 e. The average Bonchev–Trinajstić information content (AvgIpc) is 2.29. The van der Waals surface area contributed by atoms with Gasteiger partial charge in [0.2, 0.25) is 0 Å². The summed E-state index contributed by atoms with van der Waals surface area (Å²) in [5.41, 5.74) is 1.05. The van der Waals surface area contributed by atoms with Gasteiger partial charge in [0.15, 0.2) is 0 Å². The van der Waals surface area contributed by atoms with E-state index in [1.54, 1.807) is 6.33 Å². The van der Waals surface area contributed by atoms with Gasteiger partial charge < -0.3 is 10.0 Å². The third-order valence-corrected chi connectivity index (χ3v) is 2.45. The second kappa shape index (κ2) is 6.43. The summed E-state index contributed by atoms with van der Waals surface area (Å²) in [4.78, 5) is 10.6. The van der Waals surface area contributed by atoms with Crippen LogP contribution < -0.4 is 4.90 Å². The number of hydrogen-bond acceptors (Lipinski definition) is 4. The fourth-order valence-electron chi connectivity index (χ4n) is 1.58. The first-order chi connectivity index (χ1) is 7.69. The van der Waals surface area contributed by atoms with E-state index in [1.165, 1.54) is 0 Å². The maximum absolute atomic E-state index is 9.02. The molecule has 0 aliphatic heterocycles. The molecule has 1 N–H and O–H groups in total. The van der Waals surface area contributed by atoms with Crippen LogP contribution in [0.25, 0.3) is 0 Å². The molecule has 0 fully saturated rings. The summed E-state index contributed by atoms with van der Waals surface area (Å²) < 4.78 is 0. The third kappa shape index (κ3) is 3.45. The Balaban J connectivity index is 2.86. The van der Waals surface area contributed by atoms with Crippen molar-refractivity contribution in [2.24, 2.45) is 0 Å². The quantitative estimate of drug-likeness (QED) is 0.799. The normalized spacial score (nSPS) is 10.8. The molecule has 0 aromatic carbocycles. The average molecular weight is 223 g/mol. The minimum absolute atomic E-state index is 0.154. The monoisotopic (exact) mass is 223 g/mol. The number of aromatic nitrogens is 2. The minimum Gasteiger partial charge on any atom is -0.395 e. The molecule has 1 aromatic heterocycles. The van der Waals surface area contributed by atoms with Crippen LogP contribution in [0.2, 0.25) is 0 Å². The molecule has 0 amide bonds. The maximum Gasteiger partial charge on any atom is 0.132 e. The van der Waals surface area contributed by atoms with Gasteiger partial charge in [0.25, 0.3) is 0 Å². The van der Waals surface area contributed by atoms with E-state index in [2.05, 4.69) is 35.6 Å². The van der Waals surface area contributed by atoms with Gasteiger partial charge >= 0.3 is 0 Å². The number of aliphatic hydroxyl groups is 1. The highest BCUT2D eigenvalue weighted by molar-refractivity contribution is 5.39. The Kier molecular flexibility index (Phi) is 5.19. The van der Waals surface area contributed by atoms with E-state index < -0.39 is 0 Å². The van der Waals surface area contributed by atoms with Crippen molar-refractivity contribution in [2.75, 3.05) is 24.6 Å². The topological polar surface area (TPSA) is 49.2 Å². The van der Waals surface area contributed by atoms with Crippen molar-refractivity contribution in [2.45, 2.75) is 33.1 Å². The highest BCUT2D eigenvalue weighted by atomic mass is 16.3. The van der Waals surface area contributed by atoms with Gasteiger partial charge in [-0.05, 0) is 12.3 Å². The minimum atomic E-state index is 0.154. The molecule has 0 aliphatic rings.